The molecular formula is C14H21N3O8. The van der Waals surface area contributed by atoms with E-state index in [4.69, 9.17) is 15.9 Å². The van der Waals surface area contributed by atoms with E-state index < -0.39 is 59.7 Å². The lowest BCUT2D eigenvalue weighted by Gasteiger charge is -2.31. The first kappa shape index (κ1) is 20.7. The van der Waals surface area contributed by atoms with Crippen molar-refractivity contribution < 1.29 is 34.9 Å². The van der Waals surface area contributed by atoms with E-state index in [0.29, 0.717) is 0 Å². The first-order valence-electron chi connectivity index (χ1n) is 7.39. The van der Waals surface area contributed by atoms with Gasteiger partial charge in [0.1, 0.15) is 0 Å². The van der Waals surface area contributed by atoms with Gasteiger partial charge in [0.2, 0.25) is 11.8 Å². The zero-order valence-electron chi connectivity index (χ0n) is 13.3. The highest BCUT2D eigenvalue weighted by Crippen LogP contribution is 2.38. The third-order valence-corrected chi connectivity index (χ3v) is 3.76. The van der Waals surface area contributed by atoms with Crippen molar-refractivity contribution in [2.75, 3.05) is 19.8 Å². The Hall–Kier alpha value is -2.34. The summed E-state index contributed by atoms with van der Waals surface area (Å²) in [5, 5.41) is 50.0. The van der Waals surface area contributed by atoms with Crippen LogP contribution in [-0.2, 0) is 9.59 Å². The summed E-state index contributed by atoms with van der Waals surface area (Å²) in [6, 6.07) is 0. The molecule has 0 radical (unpaired) electrons. The van der Waals surface area contributed by atoms with Gasteiger partial charge < -0.3 is 31.5 Å². The average Bonchev–Trinajstić information content (AvgIpc) is 2.58. The molecule has 0 heterocycles. The number of nitrogens with two attached hydrogens (primary N) is 1. The van der Waals surface area contributed by atoms with Crippen LogP contribution in [0.1, 0.15) is 12.8 Å². The van der Waals surface area contributed by atoms with Gasteiger partial charge in [0.15, 0.2) is 0 Å². The maximum atomic E-state index is 12.2. The van der Waals surface area contributed by atoms with E-state index >= 15 is 0 Å². The van der Waals surface area contributed by atoms with Crippen molar-refractivity contribution in [2.24, 2.45) is 11.1 Å². The normalized spacial score (nSPS) is 22.4. The number of nitrogens with zero attached hydrogens (tertiary/aromatic N) is 1. The molecule has 0 aromatic carbocycles. The molecular weight excluding hydrogens is 338 g/mol. The van der Waals surface area contributed by atoms with Gasteiger partial charge in [0.05, 0.1) is 35.8 Å². The Bertz CT molecular complexity index is 603. The molecule has 0 spiro atoms. The Balaban J connectivity index is 3.15. The van der Waals surface area contributed by atoms with Gasteiger partial charge in [-0.05, 0) is 12.8 Å². The van der Waals surface area contributed by atoms with E-state index in [1.807, 2.05) is 0 Å². The predicted octanol–water partition coefficient (Wildman–Crippen LogP) is -2.84. The number of hydrogen-bond acceptors (Lipinski definition) is 8. The maximum absolute atomic E-state index is 12.2. The van der Waals surface area contributed by atoms with E-state index in [-0.39, 0.29) is 18.5 Å². The number of aliphatic hydroxyl groups excluding tert-OH is 4. The number of rotatable bonds is 9. The van der Waals surface area contributed by atoms with Crippen LogP contribution >= 0.6 is 0 Å². The molecule has 0 saturated carbocycles. The van der Waals surface area contributed by atoms with Crippen LogP contribution in [0.5, 0.6) is 0 Å². The van der Waals surface area contributed by atoms with Gasteiger partial charge in [0.25, 0.3) is 5.70 Å². The Morgan fingerprint density at radius 2 is 1.92 bits per heavy atom. The SMILES string of the molecule is NC(=O)C1(CC(O)CO)C=C([N+](=O)[O-])C=C(C(=O)NCC(O)CO)C1. The molecule has 3 unspecified atom stereocenters. The van der Waals surface area contributed by atoms with Crippen LogP contribution in [0.4, 0.5) is 0 Å². The molecule has 3 atom stereocenters. The average molecular weight is 359 g/mol. The van der Waals surface area contributed by atoms with E-state index in [2.05, 4.69) is 5.32 Å². The van der Waals surface area contributed by atoms with E-state index in [9.17, 15) is 29.9 Å². The molecule has 0 aliphatic heterocycles. The van der Waals surface area contributed by atoms with Crippen molar-refractivity contribution in [3.05, 3.63) is 33.5 Å². The van der Waals surface area contributed by atoms with Crippen LogP contribution < -0.4 is 11.1 Å². The number of primary amides is 1. The Labute approximate surface area is 142 Å². The number of hydrogen-bond donors (Lipinski definition) is 6. The molecule has 2 amide bonds. The number of allylic oxidation sites excluding steroid dienone is 1. The van der Waals surface area contributed by atoms with Crippen LogP contribution in [-0.4, -0.2) is 69.1 Å². The molecule has 7 N–H and O–H groups in total. The lowest BCUT2D eigenvalue weighted by Crippen LogP contribution is -2.43. The Kier molecular flexibility index (Phi) is 7.18. The van der Waals surface area contributed by atoms with Gasteiger partial charge in [-0.2, -0.15) is 0 Å². The largest absolute Gasteiger partial charge is 0.394 e. The molecule has 1 aliphatic carbocycles. The molecule has 140 valence electrons. The highest BCUT2D eigenvalue weighted by molar-refractivity contribution is 5.96. The smallest absolute Gasteiger partial charge is 0.267 e. The minimum Gasteiger partial charge on any atom is -0.394 e. The molecule has 0 aromatic rings. The lowest BCUT2D eigenvalue weighted by molar-refractivity contribution is -0.420. The highest BCUT2D eigenvalue weighted by atomic mass is 16.6. The molecule has 1 rings (SSSR count). The summed E-state index contributed by atoms with van der Waals surface area (Å²) in [5.74, 6) is -1.78. The van der Waals surface area contributed by atoms with E-state index in [0.717, 1.165) is 12.2 Å². The monoisotopic (exact) mass is 359 g/mol. The molecule has 11 nitrogen and oxygen atoms in total. The summed E-state index contributed by atoms with van der Waals surface area (Å²) >= 11 is 0. The van der Waals surface area contributed by atoms with Crippen LogP contribution in [0.15, 0.2) is 23.4 Å². The van der Waals surface area contributed by atoms with Crippen molar-refractivity contribution in [3.63, 3.8) is 0 Å². The van der Waals surface area contributed by atoms with E-state index in [1.165, 1.54) is 0 Å². The minimum atomic E-state index is -1.72. The number of nitro groups is 1. The molecule has 0 fully saturated rings. The quantitative estimate of drug-likeness (QED) is 0.187. The number of nitrogens with one attached hydrogen (secondary N) is 1. The topological polar surface area (TPSA) is 196 Å². The molecule has 11 heteroatoms. The standard InChI is InChI=1S/C14H21N3O8/c15-13(23)14(4-10(20)6-18)2-8(1-9(3-14)17(24)25)12(22)16-5-11(21)7-19/h1,3,10-11,18-21H,2,4-7H2,(H2,15,23)(H,16,22). The Morgan fingerprint density at radius 1 is 1.32 bits per heavy atom. The number of carbonyl (C=O) groups excluding carboxylic acids is 2. The summed E-state index contributed by atoms with van der Waals surface area (Å²) in [4.78, 5) is 34.4. The van der Waals surface area contributed by atoms with Crippen molar-refractivity contribution in [1.29, 1.82) is 0 Å². The van der Waals surface area contributed by atoms with Crippen LogP contribution in [0.3, 0.4) is 0 Å². The number of amides is 2. The van der Waals surface area contributed by atoms with Crippen LogP contribution in [0.2, 0.25) is 0 Å². The summed E-state index contributed by atoms with van der Waals surface area (Å²) in [5.41, 5.74) is 2.92. The fourth-order valence-electron chi connectivity index (χ4n) is 2.46. The van der Waals surface area contributed by atoms with Crippen molar-refractivity contribution in [1.82, 2.24) is 5.32 Å². The summed E-state index contributed by atoms with van der Waals surface area (Å²) < 4.78 is 0. The van der Waals surface area contributed by atoms with Crippen molar-refractivity contribution in [3.8, 4) is 0 Å². The zero-order valence-corrected chi connectivity index (χ0v) is 13.3. The molecule has 25 heavy (non-hydrogen) atoms. The fourth-order valence-corrected chi connectivity index (χ4v) is 2.46. The molecule has 0 aromatic heterocycles. The van der Waals surface area contributed by atoms with Crippen molar-refractivity contribution in [2.45, 2.75) is 25.0 Å². The molecule has 0 saturated heterocycles. The maximum Gasteiger partial charge on any atom is 0.267 e. The fraction of sp³-hybridized carbons (Fsp3) is 0.571. The first-order chi connectivity index (χ1) is 11.6. The van der Waals surface area contributed by atoms with Crippen molar-refractivity contribution >= 4 is 11.8 Å². The molecule has 1 aliphatic rings. The van der Waals surface area contributed by atoms with Gasteiger partial charge in [-0.25, -0.2) is 0 Å². The number of carbonyl (C=O) groups is 2. The second kappa shape index (κ2) is 8.67. The van der Waals surface area contributed by atoms with Gasteiger partial charge in [-0.15, -0.1) is 0 Å². The second-order valence-corrected chi connectivity index (χ2v) is 5.78. The summed E-state index contributed by atoms with van der Waals surface area (Å²) in [7, 11) is 0. The highest BCUT2D eigenvalue weighted by Gasteiger charge is 2.43. The lowest BCUT2D eigenvalue weighted by atomic mass is 9.72. The second-order valence-electron chi connectivity index (χ2n) is 5.78. The molecule has 0 bridgehead atoms. The summed E-state index contributed by atoms with van der Waals surface area (Å²) in [6.45, 7) is -1.58. The first-order valence-corrected chi connectivity index (χ1v) is 7.39. The Morgan fingerprint density at radius 3 is 2.40 bits per heavy atom. The van der Waals surface area contributed by atoms with Gasteiger partial charge in [-0.1, -0.05) is 0 Å². The van der Waals surface area contributed by atoms with E-state index in [1.54, 1.807) is 0 Å². The third kappa shape index (κ3) is 5.32. The predicted molar refractivity (Wildman–Crippen MR) is 83.2 cm³/mol. The van der Waals surface area contributed by atoms with Gasteiger partial charge >= 0.3 is 0 Å². The third-order valence-electron chi connectivity index (χ3n) is 3.76. The van der Waals surface area contributed by atoms with Gasteiger partial charge in [0, 0.05) is 24.3 Å². The van der Waals surface area contributed by atoms with Crippen LogP contribution in [0, 0.1) is 15.5 Å². The van der Waals surface area contributed by atoms with Gasteiger partial charge in [-0.3, -0.25) is 19.7 Å². The zero-order chi connectivity index (χ0) is 19.2. The van der Waals surface area contributed by atoms with Crippen LogP contribution in [0.25, 0.3) is 0 Å². The number of aliphatic hydroxyl groups is 4. The summed E-state index contributed by atoms with van der Waals surface area (Å²) in [6.07, 6.45) is -1.37. The minimum absolute atomic E-state index is 0.150.